The van der Waals surface area contributed by atoms with Gasteiger partial charge in [0.1, 0.15) is 10.7 Å². The number of hydrogen-bond acceptors (Lipinski definition) is 6. The van der Waals surface area contributed by atoms with E-state index in [1.54, 1.807) is 12.1 Å². The zero-order chi connectivity index (χ0) is 20.1. The standard InChI is InChI=1S/C19H20N4O3S2/c1-3-20-15-9-11-16(12-10-15)28(25,26)23-19(24)22-18-17(21-13(2)27-18)14-7-5-4-6-8-14/h4-12,20H,3H2,1-2H3,(H2,22,23,24). The summed E-state index contributed by atoms with van der Waals surface area (Å²) in [7, 11) is -3.99. The minimum absolute atomic E-state index is 0.00747. The molecule has 0 saturated heterocycles. The average molecular weight is 417 g/mol. The number of thiazole rings is 1. The number of sulfonamides is 1. The number of aryl methyl sites for hydroxylation is 1. The van der Waals surface area contributed by atoms with Crippen LogP contribution in [0.2, 0.25) is 0 Å². The highest BCUT2D eigenvalue weighted by molar-refractivity contribution is 7.90. The van der Waals surface area contributed by atoms with Gasteiger partial charge in [0, 0.05) is 17.8 Å². The maximum absolute atomic E-state index is 12.5. The molecule has 0 bridgehead atoms. The van der Waals surface area contributed by atoms with Gasteiger partial charge in [-0.25, -0.2) is 22.9 Å². The van der Waals surface area contributed by atoms with Crippen molar-refractivity contribution in [3.05, 3.63) is 59.6 Å². The van der Waals surface area contributed by atoms with Crippen LogP contribution >= 0.6 is 11.3 Å². The molecule has 2 amide bonds. The molecule has 0 spiro atoms. The van der Waals surface area contributed by atoms with Crippen molar-refractivity contribution in [2.45, 2.75) is 18.7 Å². The van der Waals surface area contributed by atoms with Crippen molar-refractivity contribution in [3.8, 4) is 11.3 Å². The van der Waals surface area contributed by atoms with E-state index in [4.69, 9.17) is 0 Å². The monoisotopic (exact) mass is 416 g/mol. The molecule has 0 fully saturated rings. The van der Waals surface area contributed by atoms with Gasteiger partial charge in [0.15, 0.2) is 0 Å². The van der Waals surface area contributed by atoms with Gasteiger partial charge in [0.2, 0.25) is 0 Å². The minimum Gasteiger partial charge on any atom is -0.385 e. The molecular weight excluding hydrogens is 396 g/mol. The lowest BCUT2D eigenvalue weighted by molar-refractivity contribution is 0.256. The number of aromatic nitrogens is 1. The van der Waals surface area contributed by atoms with Gasteiger partial charge in [-0.3, -0.25) is 5.32 Å². The largest absolute Gasteiger partial charge is 0.385 e. The van der Waals surface area contributed by atoms with Crippen molar-refractivity contribution in [2.75, 3.05) is 17.2 Å². The first-order valence-electron chi connectivity index (χ1n) is 8.59. The summed E-state index contributed by atoms with van der Waals surface area (Å²) in [6.45, 7) is 4.50. The van der Waals surface area contributed by atoms with E-state index in [0.717, 1.165) is 22.8 Å². The molecule has 3 N–H and O–H groups in total. The lowest BCUT2D eigenvalue weighted by atomic mass is 10.2. The first-order chi connectivity index (χ1) is 13.4. The van der Waals surface area contributed by atoms with Crippen LogP contribution in [0, 0.1) is 6.92 Å². The van der Waals surface area contributed by atoms with Gasteiger partial charge < -0.3 is 5.32 Å². The average Bonchev–Trinajstić information content (AvgIpc) is 3.02. The molecule has 1 heterocycles. The number of anilines is 2. The van der Waals surface area contributed by atoms with Gasteiger partial charge in [-0.1, -0.05) is 30.3 Å². The molecule has 7 nitrogen and oxygen atoms in total. The van der Waals surface area contributed by atoms with Crippen LogP contribution in [0.4, 0.5) is 15.5 Å². The molecule has 28 heavy (non-hydrogen) atoms. The Hall–Kier alpha value is -2.91. The maximum Gasteiger partial charge on any atom is 0.333 e. The van der Waals surface area contributed by atoms with Crippen molar-refractivity contribution in [2.24, 2.45) is 0 Å². The Labute approximate surface area is 167 Å². The maximum atomic E-state index is 12.5. The zero-order valence-corrected chi connectivity index (χ0v) is 17.0. The number of nitrogens with zero attached hydrogens (tertiary/aromatic N) is 1. The van der Waals surface area contributed by atoms with Gasteiger partial charge in [0.25, 0.3) is 10.0 Å². The van der Waals surface area contributed by atoms with E-state index in [0.29, 0.717) is 10.7 Å². The highest BCUT2D eigenvalue weighted by Crippen LogP contribution is 2.32. The summed E-state index contributed by atoms with van der Waals surface area (Å²) in [6.07, 6.45) is 0. The molecule has 3 aromatic rings. The molecule has 0 atom stereocenters. The van der Waals surface area contributed by atoms with E-state index < -0.39 is 16.1 Å². The van der Waals surface area contributed by atoms with Crippen molar-refractivity contribution in [1.82, 2.24) is 9.71 Å². The molecule has 0 aliphatic heterocycles. The van der Waals surface area contributed by atoms with Crippen molar-refractivity contribution < 1.29 is 13.2 Å². The number of rotatable bonds is 6. The van der Waals surface area contributed by atoms with Crippen LogP contribution in [0.15, 0.2) is 59.5 Å². The molecule has 0 unspecified atom stereocenters. The Morgan fingerprint density at radius 1 is 1.07 bits per heavy atom. The highest BCUT2D eigenvalue weighted by Gasteiger charge is 2.20. The van der Waals surface area contributed by atoms with Gasteiger partial charge in [-0.15, -0.1) is 11.3 Å². The first kappa shape index (κ1) is 19.8. The van der Waals surface area contributed by atoms with Crippen LogP contribution in [0.1, 0.15) is 11.9 Å². The SMILES string of the molecule is CCNc1ccc(S(=O)(=O)NC(=O)Nc2sc(C)nc2-c2ccccc2)cc1. The fourth-order valence-electron chi connectivity index (χ4n) is 2.57. The Morgan fingerprint density at radius 3 is 2.39 bits per heavy atom. The Morgan fingerprint density at radius 2 is 1.75 bits per heavy atom. The summed E-state index contributed by atoms with van der Waals surface area (Å²) in [5.74, 6) is 0. The molecule has 146 valence electrons. The highest BCUT2D eigenvalue weighted by atomic mass is 32.2. The lowest BCUT2D eigenvalue weighted by Crippen LogP contribution is -2.34. The molecule has 9 heteroatoms. The summed E-state index contributed by atoms with van der Waals surface area (Å²) in [4.78, 5) is 16.8. The summed E-state index contributed by atoms with van der Waals surface area (Å²) < 4.78 is 27.0. The third-order valence-corrected chi connectivity index (χ3v) is 6.01. The molecular formula is C19H20N4O3S2. The fraction of sp³-hybridized carbons (Fsp3) is 0.158. The summed E-state index contributed by atoms with van der Waals surface area (Å²) in [5, 5.41) is 6.93. The van der Waals surface area contributed by atoms with Gasteiger partial charge >= 0.3 is 6.03 Å². The number of carbonyl (C=O) groups is 1. The predicted octanol–water partition coefficient (Wildman–Crippen LogP) is 4.06. The molecule has 2 aromatic carbocycles. The van der Waals surface area contributed by atoms with Gasteiger partial charge in [-0.05, 0) is 38.1 Å². The van der Waals surface area contributed by atoms with E-state index in [9.17, 15) is 13.2 Å². The molecule has 0 radical (unpaired) electrons. The second kappa shape index (κ2) is 8.41. The van der Waals surface area contributed by atoms with E-state index in [2.05, 4.69) is 15.6 Å². The molecule has 0 saturated carbocycles. The Bertz CT molecular complexity index is 1060. The quantitative estimate of drug-likeness (QED) is 0.563. The van der Waals surface area contributed by atoms with E-state index in [1.165, 1.54) is 23.5 Å². The minimum atomic E-state index is -3.99. The molecule has 0 aliphatic rings. The van der Waals surface area contributed by atoms with Crippen LogP contribution < -0.4 is 15.4 Å². The van der Waals surface area contributed by atoms with E-state index in [-0.39, 0.29) is 4.90 Å². The van der Waals surface area contributed by atoms with Crippen molar-refractivity contribution in [1.29, 1.82) is 0 Å². The number of carbonyl (C=O) groups excluding carboxylic acids is 1. The fourth-order valence-corrected chi connectivity index (χ4v) is 4.31. The molecule has 0 aliphatic carbocycles. The van der Waals surface area contributed by atoms with Crippen LogP contribution in [-0.4, -0.2) is 26.0 Å². The summed E-state index contributed by atoms with van der Waals surface area (Å²) in [6, 6.07) is 14.7. The number of nitrogens with one attached hydrogen (secondary N) is 3. The number of amides is 2. The van der Waals surface area contributed by atoms with Gasteiger partial charge in [0.05, 0.1) is 9.90 Å². The predicted molar refractivity (Wildman–Crippen MR) is 112 cm³/mol. The second-order valence-corrected chi connectivity index (χ2v) is 8.78. The van der Waals surface area contributed by atoms with Crippen molar-refractivity contribution >= 4 is 38.1 Å². The topological polar surface area (TPSA) is 100 Å². The third-order valence-electron chi connectivity index (χ3n) is 3.78. The second-order valence-electron chi connectivity index (χ2n) is 5.89. The molecule has 3 rings (SSSR count). The lowest BCUT2D eigenvalue weighted by Gasteiger charge is -2.09. The first-order valence-corrected chi connectivity index (χ1v) is 10.9. The molecule has 1 aromatic heterocycles. The van der Waals surface area contributed by atoms with Crippen LogP contribution in [0.3, 0.4) is 0 Å². The summed E-state index contributed by atoms with van der Waals surface area (Å²) in [5.41, 5.74) is 2.24. The van der Waals surface area contributed by atoms with E-state index in [1.807, 2.05) is 48.9 Å². The van der Waals surface area contributed by atoms with Crippen LogP contribution in [0.25, 0.3) is 11.3 Å². The van der Waals surface area contributed by atoms with Crippen LogP contribution in [0.5, 0.6) is 0 Å². The van der Waals surface area contributed by atoms with E-state index >= 15 is 0 Å². The number of urea groups is 1. The Balaban J connectivity index is 1.75. The smallest absolute Gasteiger partial charge is 0.333 e. The third kappa shape index (κ3) is 4.68. The number of benzene rings is 2. The van der Waals surface area contributed by atoms with Crippen LogP contribution in [-0.2, 0) is 10.0 Å². The zero-order valence-electron chi connectivity index (χ0n) is 15.4. The summed E-state index contributed by atoms with van der Waals surface area (Å²) >= 11 is 1.28. The number of hydrogen-bond donors (Lipinski definition) is 3. The van der Waals surface area contributed by atoms with Gasteiger partial charge in [-0.2, -0.15) is 0 Å². The normalized spacial score (nSPS) is 11.1. The van der Waals surface area contributed by atoms with Crippen molar-refractivity contribution in [3.63, 3.8) is 0 Å². The Kier molecular flexibility index (Phi) is 5.96.